The molecule has 0 bridgehead atoms. The zero-order valence-electron chi connectivity index (χ0n) is 18.0. The molecule has 0 spiro atoms. The van der Waals surface area contributed by atoms with Crippen LogP contribution in [0.4, 0.5) is 9.39 Å². The first-order valence-corrected chi connectivity index (χ1v) is 11.5. The number of nitriles is 1. The molecule has 1 aromatic carbocycles. The van der Waals surface area contributed by atoms with Gasteiger partial charge in [-0.1, -0.05) is 32.9 Å². The molecule has 0 saturated heterocycles. The number of benzene rings is 1. The Morgan fingerprint density at radius 1 is 1.38 bits per heavy atom. The van der Waals surface area contributed by atoms with Crippen molar-refractivity contribution in [1.29, 1.82) is 5.26 Å². The normalized spacial score (nSPS) is 16.1. The maximum absolute atomic E-state index is 13.9. The van der Waals surface area contributed by atoms with Crippen LogP contribution >= 0.6 is 22.9 Å². The lowest BCUT2D eigenvalue weighted by atomic mass is 9.72. The van der Waals surface area contributed by atoms with E-state index in [2.05, 4.69) is 41.8 Å². The van der Waals surface area contributed by atoms with Gasteiger partial charge in [0.05, 0.1) is 11.8 Å². The minimum Gasteiger partial charge on any atom is -0.436 e. The molecule has 1 aliphatic rings. The minimum atomic E-state index is -0.704. The summed E-state index contributed by atoms with van der Waals surface area (Å²) in [5, 5.41) is 10.4. The zero-order chi connectivity index (χ0) is 22.9. The standard InChI is InChI=1S/C24H22ClFN4OS/c1-24(2,3)15-7-8-17-18(11-27)22(32-20(17)10-15)28-12-14-5-4-6-16(9-14)31-21-19(26)13-29-23(25)30-21/h4-6,9,12-13,15H,7-8,10H2,1-3H3/t15-/m0/s1. The Kier molecular flexibility index (Phi) is 6.27. The van der Waals surface area contributed by atoms with Crippen LogP contribution in [0.5, 0.6) is 11.6 Å². The van der Waals surface area contributed by atoms with E-state index in [0.29, 0.717) is 17.2 Å². The second-order valence-corrected chi connectivity index (χ2v) is 10.2. The van der Waals surface area contributed by atoms with Gasteiger partial charge in [0.25, 0.3) is 5.88 Å². The summed E-state index contributed by atoms with van der Waals surface area (Å²) in [5.74, 6) is 0.0400. The predicted molar refractivity (Wildman–Crippen MR) is 125 cm³/mol. The number of halogens is 2. The highest BCUT2D eigenvalue weighted by molar-refractivity contribution is 7.16. The molecule has 1 aliphatic carbocycles. The molecule has 2 aromatic heterocycles. The van der Waals surface area contributed by atoms with Crippen molar-refractivity contribution in [1.82, 2.24) is 9.97 Å². The van der Waals surface area contributed by atoms with Crippen molar-refractivity contribution >= 4 is 34.2 Å². The molecule has 5 nitrogen and oxygen atoms in total. The summed E-state index contributed by atoms with van der Waals surface area (Å²) >= 11 is 7.33. The first-order valence-electron chi connectivity index (χ1n) is 10.3. The number of hydrogen-bond acceptors (Lipinski definition) is 6. The number of nitrogens with zero attached hydrogens (tertiary/aromatic N) is 4. The van der Waals surface area contributed by atoms with Gasteiger partial charge in [-0.2, -0.15) is 14.6 Å². The Bertz CT molecular complexity index is 1230. The highest BCUT2D eigenvalue weighted by atomic mass is 35.5. The number of thiophene rings is 1. The molecule has 0 amide bonds. The van der Waals surface area contributed by atoms with Gasteiger partial charge >= 0.3 is 0 Å². The number of ether oxygens (including phenoxy) is 1. The summed E-state index contributed by atoms with van der Waals surface area (Å²) < 4.78 is 19.4. The fourth-order valence-electron chi connectivity index (χ4n) is 3.82. The summed E-state index contributed by atoms with van der Waals surface area (Å²) in [5.41, 5.74) is 2.83. The van der Waals surface area contributed by atoms with Crippen molar-refractivity contribution in [3.8, 4) is 17.7 Å². The van der Waals surface area contributed by atoms with Crippen molar-refractivity contribution in [2.24, 2.45) is 16.3 Å². The number of hydrogen-bond donors (Lipinski definition) is 0. The first kappa shape index (κ1) is 22.4. The molecule has 2 heterocycles. The molecule has 0 N–H and O–H groups in total. The predicted octanol–water partition coefficient (Wildman–Crippen LogP) is 6.90. The molecule has 0 aliphatic heterocycles. The van der Waals surface area contributed by atoms with E-state index in [0.717, 1.165) is 41.6 Å². The van der Waals surface area contributed by atoms with Gasteiger partial charge in [0.2, 0.25) is 11.1 Å². The SMILES string of the molecule is CC(C)(C)[C@H]1CCc2c(sc(N=Cc3cccc(Oc4nc(Cl)ncc4F)c3)c2C#N)C1. The van der Waals surface area contributed by atoms with Crippen LogP contribution in [0, 0.1) is 28.5 Å². The Morgan fingerprint density at radius 3 is 2.94 bits per heavy atom. The van der Waals surface area contributed by atoms with Crippen molar-refractivity contribution in [2.75, 3.05) is 0 Å². The molecule has 0 saturated carbocycles. The molecule has 1 atom stereocenters. The highest BCUT2D eigenvalue weighted by Crippen LogP contribution is 2.44. The van der Waals surface area contributed by atoms with Gasteiger partial charge in [-0.3, -0.25) is 0 Å². The van der Waals surface area contributed by atoms with Gasteiger partial charge in [0.1, 0.15) is 16.8 Å². The number of aromatic nitrogens is 2. The lowest BCUT2D eigenvalue weighted by molar-refractivity contribution is 0.218. The Labute approximate surface area is 195 Å². The summed E-state index contributed by atoms with van der Waals surface area (Å²) in [4.78, 5) is 13.2. The third-order valence-corrected chi connectivity index (χ3v) is 7.01. The topological polar surface area (TPSA) is 71.2 Å². The number of aliphatic imine (C=N–C) groups is 1. The summed E-state index contributed by atoms with van der Waals surface area (Å²) in [6, 6.07) is 9.38. The molecule has 0 radical (unpaired) electrons. The van der Waals surface area contributed by atoms with Crippen LogP contribution in [0.3, 0.4) is 0 Å². The average Bonchev–Trinajstić information content (AvgIpc) is 3.11. The molecule has 32 heavy (non-hydrogen) atoms. The molecule has 0 fully saturated rings. The van der Waals surface area contributed by atoms with E-state index in [9.17, 15) is 9.65 Å². The van der Waals surface area contributed by atoms with Crippen LogP contribution in [0.1, 0.15) is 48.8 Å². The van der Waals surface area contributed by atoms with E-state index in [1.165, 1.54) is 4.88 Å². The van der Waals surface area contributed by atoms with Gasteiger partial charge in [-0.05, 0) is 65.5 Å². The van der Waals surface area contributed by atoms with Crippen molar-refractivity contribution in [3.63, 3.8) is 0 Å². The lowest BCUT2D eigenvalue weighted by Gasteiger charge is -2.33. The van der Waals surface area contributed by atoms with Gasteiger partial charge in [0, 0.05) is 11.1 Å². The smallest absolute Gasteiger partial charge is 0.260 e. The fraction of sp³-hybridized carbons (Fsp3) is 0.333. The zero-order valence-corrected chi connectivity index (χ0v) is 19.6. The Hall–Kier alpha value is -2.82. The molecular formula is C24H22ClFN4OS. The van der Waals surface area contributed by atoms with Crippen molar-refractivity contribution in [2.45, 2.75) is 40.0 Å². The van der Waals surface area contributed by atoms with E-state index >= 15 is 0 Å². The highest BCUT2D eigenvalue weighted by Gasteiger charge is 2.32. The molecule has 8 heteroatoms. The van der Waals surface area contributed by atoms with E-state index < -0.39 is 5.82 Å². The Morgan fingerprint density at radius 2 is 2.19 bits per heavy atom. The van der Waals surface area contributed by atoms with Crippen molar-refractivity contribution in [3.05, 3.63) is 63.1 Å². The number of rotatable bonds is 4. The molecule has 3 aromatic rings. The van der Waals surface area contributed by atoms with Gasteiger partial charge in [-0.15, -0.1) is 11.3 Å². The number of fused-ring (bicyclic) bond motifs is 1. The van der Waals surface area contributed by atoms with Crippen LogP contribution in [-0.2, 0) is 12.8 Å². The minimum absolute atomic E-state index is 0.0986. The summed E-state index contributed by atoms with van der Waals surface area (Å²) in [6.45, 7) is 6.82. The maximum Gasteiger partial charge on any atom is 0.260 e. The second-order valence-electron chi connectivity index (χ2n) is 8.83. The molecular weight excluding hydrogens is 447 g/mol. The van der Waals surface area contributed by atoms with Crippen molar-refractivity contribution < 1.29 is 9.13 Å². The Balaban J connectivity index is 1.57. The first-order chi connectivity index (χ1) is 15.2. The quantitative estimate of drug-likeness (QED) is 0.308. The van der Waals surface area contributed by atoms with E-state index in [1.54, 1.807) is 35.8 Å². The average molecular weight is 469 g/mol. The van der Waals surface area contributed by atoms with Crippen LogP contribution in [-0.4, -0.2) is 16.2 Å². The maximum atomic E-state index is 13.9. The molecule has 164 valence electrons. The third kappa shape index (κ3) is 4.82. The van der Waals surface area contributed by atoms with E-state index in [4.69, 9.17) is 16.3 Å². The third-order valence-electron chi connectivity index (χ3n) is 5.67. The van der Waals surface area contributed by atoms with E-state index in [-0.39, 0.29) is 16.6 Å². The summed E-state index contributed by atoms with van der Waals surface area (Å²) in [7, 11) is 0. The lowest BCUT2D eigenvalue weighted by Crippen LogP contribution is -2.26. The van der Waals surface area contributed by atoms with Crippen LogP contribution in [0.2, 0.25) is 5.28 Å². The van der Waals surface area contributed by atoms with Gasteiger partial charge in [-0.25, -0.2) is 9.98 Å². The second kappa shape index (κ2) is 8.97. The molecule has 0 unspecified atom stereocenters. The molecule has 4 rings (SSSR count). The van der Waals surface area contributed by atoms with Crippen LogP contribution < -0.4 is 4.74 Å². The van der Waals surface area contributed by atoms with Crippen LogP contribution in [0.25, 0.3) is 0 Å². The van der Waals surface area contributed by atoms with Crippen LogP contribution in [0.15, 0.2) is 35.5 Å². The monoisotopic (exact) mass is 468 g/mol. The van der Waals surface area contributed by atoms with Gasteiger partial charge < -0.3 is 4.74 Å². The van der Waals surface area contributed by atoms with E-state index in [1.807, 2.05) is 6.07 Å². The van der Waals surface area contributed by atoms with Gasteiger partial charge in [0.15, 0.2) is 0 Å². The largest absolute Gasteiger partial charge is 0.436 e. The summed E-state index contributed by atoms with van der Waals surface area (Å²) in [6.07, 6.45) is 5.65. The fourth-order valence-corrected chi connectivity index (χ4v) is 5.17.